The zero-order valence-electron chi connectivity index (χ0n) is 17.3. The molecular weight excluding hydrogens is 392 g/mol. The summed E-state index contributed by atoms with van der Waals surface area (Å²) in [6.07, 6.45) is 1.06. The van der Waals surface area contributed by atoms with E-state index in [1.807, 2.05) is 12.1 Å². The third-order valence-electron chi connectivity index (χ3n) is 5.13. The molecule has 8 heteroatoms. The number of likely N-dealkylation sites (tertiary alicyclic amines) is 1. The number of nitrogens with zero attached hydrogens (tertiary/aromatic N) is 2. The van der Waals surface area contributed by atoms with Crippen molar-refractivity contribution in [2.45, 2.75) is 32.9 Å². The standard InChI is InChI=1S/C21H28N2O5S/c1-14-8-15(2)11-23(10-14)20(24)13-29(25,26)12-19-16(3)28-21(22-19)17-6-5-7-18(9-17)27-4/h5-7,9,14-15H,8,10-13H2,1-4H3. The molecule has 0 bridgehead atoms. The second kappa shape index (κ2) is 8.57. The molecule has 1 aliphatic rings. The topological polar surface area (TPSA) is 89.7 Å². The molecule has 2 unspecified atom stereocenters. The molecule has 1 aromatic carbocycles. The highest BCUT2D eigenvalue weighted by molar-refractivity contribution is 7.91. The molecule has 29 heavy (non-hydrogen) atoms. The fourth-order valence-electron chi connectivity index (χ4n) is 3.85. The van der Waals surface area contributed by atoms with Gasteiger partial charge in [-0.2, -0.15) is 0 Å². The van der Waals surface area contributed by atoms with Crippen molar-refractivity contribution < 1.29 is 22.4 Å². The predicted octanol–water partition coefficient (Wildman–Crippen LogP) is 3.08. The molecule has 2 aromatic rings. The first-order chi connectivity index (χ1) is 13.7. The van der Waals surface area contributed by atoms with Gasteiger partial charge in [0.1, 0.15) is 17.3 Å². The van der Waals surface area contributed by atoms with Crippen LogP contribution in [0.2, 0.25) is 0 Å². The molecule has 1 fully saturated rings. The molecule has 2 atom stereocenters. The van der Waals surface area contributed by atoms with Crippen LogP contribution in [0.1, 0.15) is 31.7 Å². The summed E-state index contributed by atoms with van der Waals surface area (Å²) in [6.45, 7) is 7.08. The normalized spacial score (nSPS) is 19.9. The number of carbonyl (C=O) groups is 1. The van der Waals surface area contributed by atoms with E-state index in [9.17, 15) is 13.2 Å². The number of benzene rings is 1. The van der Waals surface area contributed by atoms with Gasteiger partial charge < -0.3 is 14.1 Å². The largest absolute Gasteiger partial charge is 0.497 e. The summed E-state index contributed by atoms with van der Waals surface area (Å²) >= 11 is 0. The fraction of sp³-hybridized carbons (Fsp3) is 0.524. The van der Waals surface area contributed by atoms with E-state index in [4.69, 9.17) is 9.15 Å². The molecule has 0 saturated carbocycles. The maximum Gasteiger partial charge on any atom is 0.237 e. The summed E-state index contributed by atoms with van der Waals surface area (Å²) in [5, 5.41) is 0. The lowest BCUT2D eigenvalue weighted by molar-refractivity contribution is -0.131. The summed E-state index contributed by atoms with van der Waals surface area (Å²) in [4.78, 5) is 18.6. The molecule has 0 aliphatic carbocycles. The van der Waals surface area contributed by atoms with Gasteiger partial charge in [0, 0.05) is 18.7 Å². The van der Waals surface area contributed by atoms with Crippen molar-refractivity contribution in [2.24, 2.45) is 11.8 Å². The van der Waals surface area contributed by atoms with E-state index in [-0.39, 0.29) is 11.7 Å². The highest BCUT2D eigenvalue weighted by atomic mass is 32.2. The number of amides is 1. The van der Waals surface area contributed by atoms with E-state index in [2.05, 4.69) is 18.8 Å². The Labute approximate surface area is 172 Å². The Balaban J connectivity index is 1.71. The van der Waals surface area contributed by atoms with Crippen molar-refractivity contribution in [3.8, 4) is 17.2 Å². The maximum atomic E-state index is 12.7. The molecule has 1 aliphatic heterocycles. The number of methoxy groups -OCH3 is 1. The molecule has 2 heterocycles. The number of sulfone groups is 1. The summed E-state index contributed by atoms with van der Waals surface area (Å²) in [7, 11) is -2.09. The number of oxazole rings is 1. The van der Waals surface area contributed by atoms with Crippen LogP contribution in [-0.4, -0.2) is 50.2 Å². The summed E-state index contributed by atoms with van der Waals surface area (Å²) in [5.74, 6) is 1.02. The molecule has 0 N–H and O–H groups in total. The van der Waals surface area contributed by atoms with Crippen molar-refractivity contribution in [2.75, 3.05) is 26.0 Å². The van der Waals surface area contributed by atoms with Crippen LogP contribution in [0.4, 0.5) is 0 Å². The number of ether oxygens (including phenoxy) is 1. The molecule has 1 aromatic heterocycles. The lowest BCUT2D eigenvalue weighted by atomic mass is 9.92. The van der Waals surface area contributed by atoms with E-state index in [1.165, 1.54) is 0 Å². The van der Waals surface area contributed by atoms with Crippen LogP contribution in [0.5, 0.6) is 5.75 Å². The highest BCUT2D eigenvalue weighted by Gasteiger charge is 2.29. The molecule has 158 valence electrons. The smallest absolute Gasteiger partial charge is 0.237 e. The Kier molecular flexibility index (Phi) is 6.31. The number of aromatic nitrogens is 1. The number of rotatable bonds is 6. The van der Waals surface area contributed by atoms with Crippen LogP contribution in [0.3, 0.4) is 0 Å². The van der Waals surface area contributed by atoms with Gasteiger partial charge in [0.25, 0.3) is 0 Å². The lowest BCUT2D eigenvalue weighted by Crippen LogP contribution is -2.45. The van der Waals surface area contributed by atoms with Gasteiger partial charge in [-0.3, -0.25) is 4.79 Å². The third kappa shape index (κ3) is 5.38. The van der Waals surface area contributed by atoms with Crippen molar-refractivity contribution in [3.63, 3.8) is 0 Å². The quantitative estimate of drug-likeness (QED) is 0.713. The summed E-state index contributed by atoms with van der Waals surface area (Å²) in [5.41, 5.74) is 1.03. The van der Waals surface area contributed by atoms with Crippen LogP contribution >= 0.6 is 0 Å². The number of aryl methyl sites for hydroxylation is 1. The van der Waals surface area contributed by atoms with Gasteiger partial charge in [-0.05, 0) is 43.4 Å². The number of carbonyl (C=O) groups excluding carboxylic acids is 1. The first kappa shape index (κ1) is 21.4. The Bertz CT molecular complexity index is 973. The van der Waals surface area contributed by atoms with Gasteiger partial charge in [-0.1, -0.05) is 19.9 Å². The third-order valence-corrected chi connectivity index (χ3v) is 6.53. The van der Waals surface area contributed by atoms with Crippen LogP contribution in [-0.2, 0) is 20.4 Å². The number of hydrogen-bond donors (Lipinski definition) is 0. The van der Waals surface area contributed by atoms with Gasteiger partial charge in [-0.15, -0.1) is 0 Å². The van der Waals surface area contributed by atoms with E-state index in [1.54, 1.807) is 31.1 Å². The molecule has 3 rings (SSSR count). The SMILES string of the molecule is COc1cccc(-c2nc(CS(=O)(=O)CC(=O)N3CC(C)CC(C)C3)c(C)o2)c1. The predicted molar refractivity (Wildman–Crippen MR) is 110 cm³/mol. The first-order valence-electron chi connectivity index (χ1n) is 9.75. The van der Waals surface area contributed by atoms with Gasteiger partial charge in [0.15, 0.2) is 9.84 Å². The van der Waals surface area contributed by atoms with Crippen LogP contribution in [0, 0.1) is 18.8 Å². The Morgan fingerprint density at radius 3 is 2.62 bits per heavy atom. The number of hydrogen-bond acceptors (Lipinski definition) is 6. The maximum absolute atomic E-state index is 12.7. The first-order valence-corrected chi connectivity index (χ1v) is 11.6. The van der Waals surface area contributed by atoms with Crippen molar-refractivity contribution in [1.29, 1.82) is 0 Å². The molecule has 7 nitrogen and oxygen atoms in total. The summed E-state index contributed by atoms with van der Waals surface area (Å²) < 4.78 is 36.2. The van der Waals surface area contributed by atoms with Crippen molar-refractivity contribution in [1.82, 2.24) is 9.88 Å². The zero-order chi connectivity index (χ0) is 21.2. The van der Waals surface area contributed by atoms with Gasteiger partial charge in [0.05, 0.1) is 18.6 Å². The minimum absolute atomic E-state index is 0.322. The summed E-state index contributed by atoms with van der Waals surface area (Å²) in [6, 6.07) is 7.20. The Morgan fingerprint density at radius 1 is 1.28 bits per heavy atom. The van der Waals surface area contributed by atoms with E-state index in [0.717, 1.165) is 6.42 Å². The molecule has 1 saturated heterocycles. The molecule has 0 spiro atoms. The van der Waals surface area contributed by atoms with Gasteiger partial charge in [0.2, 0.25) is 11.8 Å². The van der Waals surface area contributed by atoms with Crippen molar-refractivity contribution in [3.05, 3.63) is 35.7 Å². The molecule has 0 radical (unpaired) electrons. The average molecular weight is 421 g/mol. The Morgan fingerprint density at radius 2 is 1.97 bits per heavy atom. The second-order valence-corrected chi connectivity index (χ2v) is 10.1. The monoisotopic (exact) mass is 420 g/mol. The highest BCUT2D eigenvalue weighted by Crippen LogP contribution is 2.26. The molecular formula is C21H28N2O5S. The minimum atomic E-state index is -3.66. The van der Waals surface area contributed by atoms with E-state index >= 15 is 0 Å². The van der Waals surface area contributed by atoms with E-state index in [0.29, 0.717) is 53.6 Å². The zero-order valence-corrected chi connectivity index (χ0v) is 18.2. The fourth-order valence-corrected chi connectivity index (χ4v) is 5.19. The van der Waals surface area contributed by atoms with Crippen molar-refractivity contribution >= 4 is 15.7 Å². The lowest BCUT2D eigenvalue weighted by Gasteiger charge is -2.34. The molecule has 1 amide bonds. The van der Waals surface area contributed by atoms with Crippen LogP contribution in [0.25, 0.3) is 11.5 Å². The van der Waals surface area contributed by atoms with Gasteiger partial charge >= 0.3 is 0 Å². The number of piperidine rings is 1. The average Bonchev–Trinajstić information content (AvgIpc) is 3.00. The minimum Gasteiger partial charge on any atom is -0.497 e. The van der Waals surface area contributed by atoms with E-state index < -0.39 is 15.6 Å². The van der Waals surface area contributed by atoms with Crippen LogP contribution < -0.4 is 4.74 Å². The van der Waals surface area contributed by atoms with Crippen LogP contribution in [0.15, 0.2) is 28.7 Å². The second-order valence-electron chi connectivity index (χ2n) is 8.03. The van der Waals surface area contributed by atoms with Gasteiger partial charge in [-0.25, -0.2) is 13.4 Å². The Hall–Kier alpha value is -2.35.